The number of likely N-dealkylation sites (N-methyl/N-ethyl adjacent to an activating group) is 1. The van der Waals surface area contributed by atoms with Crippen molar-refractivity contribution < 1.29 is 4.74 Å². The molecule has 1 rings (SSSR count). The molecule has 0 fully saturated rings. The lowest BCUT2D eigenvalue weighted by atomic mass is 10.0. The summed E-state index contributed by atoms with van der Waals surface area (Å²) in [5, 5.41) is 3.44. The van der Waals surface area contributed by atoms with Gasteiger partial charge < -0.3 is 15.0 Å². The zero-order valence-electron chi connectivity index (χ0n) is 13.0. The van der Waals surface area contributed by atoms with E-state index in [1.54, 1.807) is 0 Å². The van der Waals surface area contributed by atoms with E-state index < -0.39 is 0 Å². The van der Waals surface area contributed by atoms with E-state index in [2.05, 4.69) is 57.2 Å². The Hall–Kier alpha value is -0.900. The van der Waals surface area contributed by atoms with Crippen LogP contribution in [0.15, 0.2) is 12.1 Å². The van der Waals surface area contributed by atoms with E-state index in [9.17, 15) is 0 Å². The van der Waals surface area contributed by atoms with E-state index in [0.717, 1.165) is 32.8 Å². The average Bonchev–Trinajstić information content (AvgIpc) is 2.33. The van der Waals surface area contributed by atoms with Gasteiger partial charge in [0.15, 0.2) is 0 Å². The number of ether oxygens (including phenoxy) is 1. The number of nitrogens with one attached hydrogen (secondary N) is 1. The number of hydrogen-bond acceptors (Lipinski definition) is 3. The molecule has 19 heavy (non-hydrogen) atoms. The van der Waals surface area contributed by atoms with E-state index >= 15 is 0 Å². The summed E-state index contributed by atoms with van der Waals surface area (Å²) >= 11 is 0. The molecule has 1 aromatic rings. The van der Waals surface area contributed by atoms with Crippen LogP contribution in [0.3, 0.4) is 0 Å². The van der Waals surface area contributed by atoms with Gasteiger partial charge in [-0.2, -0.15) is 0 Å². The average molecular weight is 264 g/mol. The fourth-order valence-corrected chi connectivity index (χ4v) is 1.93. The molecule has 0 aliphatic heterocycles. The zero-order chi connectivity index (χ0) is 14.3. The summed E-state index contributed by atoms with van der Waals surface area (Å²) in [4.78, 5) is 2.13. The fourth-order valence-electron chi connectivity index (χ4n) is 1.93. The predicted octanol–water partition coefficient (Wildman–Crippen LogP) is 2.28. The molecule has 3 nitrogen and oxygen atoms in total. The van der Waals surface area contributed by atoms with Crippen LogP contribution in [-0.4, -0.2) is 45.3 Å². The molecule has 0 atom stereocenters. The van der Waals surface area contributed by atoms with Crippen molar-refractivity contribution in [3.8, 4) is 0 Å². The number of benzene rings is 1. The Labute approximate surface area is 118 Å². The van der Waals surface area contributed by atoms with Crippen molar-refractivity contribution >= 4 is 0 Å². The Morgan fingerprint density at radius 3 is 2.37 bits per heavy atom. The van der Waals surface area contributed by atoms with Crippen LogP contribution in [0.25, 0.3) is 0 Å². The van der Waals surface area contributed by atoms with Crippen LogP contribution in [0.2, 0.25) is 0 Å². The first-order valence-electron chi connectivity index (χ1n) is 7.00. The van der Waals surface area contributed by atoms with Gasteiger partial charge in [-0.15, -0.1) is 0 Å². The van der Waals surface area contributed by atoms with Gasteiger partial charge in [-0.3, -0.25) is 0 Å². The zero-order valence-corrected chi connectivity index (χ0v) is 13.0. The summed E-state index contributed by atoms with van der Waals surface area (Å²) in [5.74, 6) is 0. The molecule has 1 N–H and O–H groups in total. The van der Waals surface area contributed by atoms with Crippen molar-refractivity contribution in [3.05, 3.63) is 34.4 Å². The standard InChI is InChI=1S/C16H28N2O/c1-13-10-15(3)16(11-14(13)2)12-17-6-8-19-9-7-18(4)5/h10-11,17H,6-9,12H2,1-5H3. The highest BCUT2D eigenvalue weighted by molar-refractivity contribution is 5.36. The Bertz CT molecular complexity index is 389. The highest BCUT2D eigenvalue weighted by Crippen LogP contribution is 2.14. The molecule has 0 aromatic heterocycles. The number of nitrogens with zero attached hydrogens (tertiary/aromatic N) is 1. The molecule has 0 radical (unpaired) electrons. The van der Waals surface area contributed by atoms with Gasteiger partial charge in [-0.05, 0) is 57.1 Å². The van der Waals surface area contributed by atoms with Gasteiger partial charge in [0.25, 0.3) is 0 Å². The first kappa shape index (κ1) is 16.2. The summed E-state index contributed by atoms with van der Waals surface area (Å²) in [6.07, 6.45) is 0. The minimum Gasteiger partial charge on any atom is -0.379 e. The second-order valence-corrected chi connectivity index (χ2v) is 5.46. The lowest BCUT2D eigenvalue weighted by molar-refractivity contribution is 0.119. The Kier molecular flexibility index (Phi) is 7.06. The van der Waals surface area contributed by atoms with Crippen LogP contribution in [0.5, 0.6) is 0 Å². The molecule has 0 spiro atoms. The molecular formula is C16H28N2O. The predicted molar refractivity (Wildman–Crippen MR) is 81.7 cm³/mol. The van der Waals surface area contributed by atoms with Gasteiger partial charge in [0.05, 0.1) is 13.2 Å². The van der Waals surface area contributed by atoms with E-state index in [-0.39, 0.29) is 0 Å². The highest BCUT2D eigenvalue weighted by atomic mass is 16.5. The number of aryl methyl sites for hydroxylation is 3. The van der Waals surface area contributed by atoms with E-state index in [1.807, 2.05) is 0 Å². The monoisotopic (exact) mass is 264 g/mol. The molecule has 0 unspecified atom stereocenters. The maximum atomic E-state index is 5.55. The van der Waals surface area contributed by atoms with Crippen LogP contribution in [0.4, 0.5) is 0 Å². The third-order valence-electron chi connectivity index (χ3n) is 3.37. The molecule has 0 amide bonds. The summed E-state index contributed by atoms with van der Waals surface area (Å²) in [5.41, 5.74) is 5.48. The number of hydrogen-bond donors (Lipinski definition) is 1. The lowest BCUT2D eigenvalue weighted by Crippen LogP contribution is -2.23. The Balaban J connectivity index is 2.21. The Morgan fingerprint density at radius 1 is 1.00 bits per heavy atom. The van der Waals surface area contributed by atoms with Gasteiger partial charge in [0.1, 0.15) is 0 Å². The summed E-state index contributed by atoms with van der Waals surface area (Å²) < 4.78 is 5.55. The summed E-state index contributed by atoms with van der Waals surface area (Å²) in [6, 6.07) is 4.55. The first-order valence-corrected chi connectivity index (χ1v) is 7.00. The third-order valence-corrected chi connectivity index (χ3v) is 3.37. The minimum absolute atomic E-state index is 0.776. The highest BCUT2D eigenvalue weighted by Gasteiger charge is 2.01. The molecule has 0 bridgehead atoms. The van der Waals surface area contributed by atoms with Crippen molar-refractivity contribution in [2.75, 3.05) is 40.4 Å². The van der Waals surface area contributed by atoms with Gasteiger partial charge in [0.2, 0.25) is 0 Å². The van der Waals surface area contributed by atoms with E-state index in [0.29, 0.717) is 0 Å². The molecule has 3 heteroatoms. The normalized spacial score (nSPS) is 11.3. The largest absolute Gasteiger partial charge is 0.379 e. The second-order valence-electron chi connectivity index (χ2n) is 5.46. The fraction of sp³-hybridized carbons (Fsp3) is 0.625. The second kappa shape index (κ2) is 8.31. The van der Waals surface area contributed by atoms with Gasteiger partial charge in [-0.25, -0.2) is 0 Å². The summed E-state index contributed by atoms with van der Waals surface area (Å²) in [6.45, 7) is 10.9. The molecule has 0 aliphatic carbocycles. The lowest BCUT2D eigenvalue weighted by Gasteiger charge is -2.12. The van der Waals surface area contributed by atoms with Crippen LogP contribution in [0, 0.1) is 20.8 Å². The molecule has 0 saturated carbocycles. The van der Waals surface area contributed by atoms with Gasteiger partial charge in [-0.1, -0.05) is 12.1 Å². The molecule has 0 heterocycles. The topological polar surface area (TPSA) is 24.5 Å². The van der Waals surface area contributed by atoms with Crippen LogP contribution >= 0.6 is 0 Å². The van der Waals surface area contributed by atoms with Crippen LogP contribution in [-0.2, 0) is 11.3 Å². The number of rotatable bonds is 8. The van der Waals surface area contributed by atoms with E-state index in [1.165, 1.54) is 22.3 Å². The molecule has 0 saturated heterocycles. The minimum atomic E-state index is 0.776. The van der Waals surface area contributed by atoms with Gasteiger partial charge >= 0.3 is 0 Å². The first-order chi connectivity index (χ1) is 9.00. The Morgan fingerprint density at radius 2 is 1.68 bits per heavy atom. The van der Waals surface area contributed by atoms with Crippen molar-refractivity contribution in [2.45, 2.75) is 27.3 Å². The maximum absolute atomic E-state index is 5.55. The van der Waals surface area contributed by atoms with Crippen LogP contribution < -0.4 is 5.32 Å². The molecule has 1 aromatic carbocycles. The van der Waals surface area contributed by atoms with E-state index in [4.69, 9.17) is 4.74 Å². The van der Waals surface area contributed by atoms with Crippen molar-refractivity contribution in [1.82, 2.24) is 10.2 Å². The maximum Gasteiger partial charge on any atom is 0.0593 e. The molecular weight excluding hydrogens is 236 g/mol. The van der Waals surface area contributed by atoms with Crippen molar-refractivity contribution in [2.24, 2.45) is 0 Å². The van der Waals surface area contributed by atoms with Gasteiger partial charge in [0, 0.05) is 19.6 Å². The molecule has 0 aliphatic rings. The smallest absolute Gasteiger partial charge is 0.0593 e. The third kappa shape index (κ3) is 6.19. The summed E-state index contributed by atoms with van der Waals surface area (Å²) in [7, 11) is 4.12. The SMILES string of the molecule is Cc1cc(C)c(CNCCOCCN(C)C)cc1C. The van der Waals surface area contributed by atoms with Crippen LogP contribution in [0.1, 0.15) is 22.3 Å². The quantitative estimate of drug-likeness (QED) is 0.729. The van der Waals surface area contributed by atoms with Crippen molar-refractivity contribution in [1.29, 1.82) is 0 Å². The molecule has 108 valence electrons. The van der Waals surface area contributed by atoms with Crippen molar-refractivity contribution in [3.63, 3.8) is 0 Å².